The molecule has 0 saturated carbocycles. The number of nitrogens with zero attached hydrogens (tertiary/aromatic N) is 4. The van der Waals surface area contributed by atoms with Crippen molar-refractivity contribution in [3.63, 3.8) is 0 Å². The molecule has 2 fully saturated rings. The van der Waals surface area contributed by atoms with Gasteiger partial charge in [-0.2, -0.15) is 23.1 Å². The maximum atomic E-state index is 12.5. The number of ether oxygens (including phenoxy) is 2. The molecule has 0 radical (unpaired) electrons. The van der Waals surface area contributed by atoms with E-state index in [0.29, 0.717) is 38.1 Å². The Morgan fingerprint density at radius 2 is 1.81 bits per heavy atom. The zero-order chi connectivity index (χ0) is 18.7. The van der Waals surface area contributed by atoms with E-state index in [9.17, 15) is 18.0 Å². The molecule has 0 N–H and O–H groups in total. The number of likely N-dealkylation sites (tertiary alicyclic amines) is 2. The monoisotopic (exact) mass is 374 g/mol. The molecule has 2 saturated heterocycles. The topological polar surface area (TPSA) is 67.8 Å². The number of methoxy groups -OCH3 is 1. The molecule has 1 aromatic heterocycles. The van der Waals surface area contributed by atoms with Crippen LogP contribution in [0.5, 0.6) is 11.8 Å². The number of carbonyl (C=O) groups is 1. The molecule has 2 aliphatic rings. The molecule has 10 heteroatoms. The molecule has 3 heterocycles. The van der Waals surface area contributed by atoms with Gasteiger partial charge in [-0.3, -0.25) is 9.69 Å². The van der Waals surface area contributed by atoms with Gasteiger partial charge in [0.2, 0.25) is 5.91 Å². The summed E-state index contributed by atoms with van der Waals surface area (Å²) in [5.41, 5.74) is 0. The highest BCUT2D eigenvalue weighted by molar-refractivity contribution is 5.84. The first-order valence-corrected chi connectivity index (χ1v) is 8.48. The van der Waals surface area contributed by atoms with Gasteiger partial charge in [-0.05, 0) is 19.3 Å². The fourth-order valence-electron chi connectivity index (χ4n) is 3.36. The van der Waals surface area contributed by atoms with E-state index in [2.05, 4.69) is 9.97 Å². The quantitative estimate of drug-likeness (QED) is 0.778. The van der Waals surface area contributed by atoms with Gasteiger partial charge in [0.05, 0.1) is 25.5 Å². The third-order valence-corrected chi connectivity index (χ3v) is 4.67. The van der Waals surface area contributed by atoms with Crippen LogP contribution in [-0.4, -0.2) is 77.3 Å². The highest BCUT2D eigenvalue weighted by Gasteiger charge is 2.42. The lowest BCUT2D eigenvalue weighted by atomic mass is 10.0. The van der Waals surface area contributed by atoms with Crippen molar-refractivity contribution >= 4 is 5.91 Å². The van der Waals surface area contributed by atoms with Crippen LogP contribution >= 0.6 is 0 Å². The van der Waals surface area contributed by atoms with Gasteiger partial charge in [-0.25, -0.2) is 0 Å². The number of halogens is 3. The second kappa shape index (κ2) is 7.65. The van der Waals surface area contributed by atoms with Crippen LogP contribution < -0.4 is 9.47 Å². The van der Waals surface area contributed by atoms with Crippen molar-refractivity contribution in [1.82, 2.24) is 19.8 Å². The summed E-state index contributed by atoms with van der Waals surface area (Å²) < 4.78 is 48.3. The molecule has 2 aliphatic heterocycles. The minimum absolute atomic E-state index is 0.0811. The Labute approximate surface area is 149 Å². The van der Waals surface area contributed by atoms with E-state index in [1.54, 1.807) is 0 Å². The molecular weight excluding hydrogens is 353 g/mol. The number of carbonyl (C=O) groups excluding carboxylic acids is 1. The lowest BCUT2D eigenvalue weighted by Gasteiger charge is -2.34. The number of amides is 1. The first kappa shape index (κ1) is 18.7. The van der Waals surface area contributed by atoms with Gasteiger partial charge in [-0.15, -0.1) is 0 Å². The zero-order valence-electron chi connectivity index (χ0n) is 14.4. The fraction of sp³-hybridized carbons (Fsp3) is 0.688. The van der Waals surface area contributed by atoms with Crippen LogP contribution in [0.2, 0.25) is 0 Å². The van der Waals surface area contributed by atoms with E-state index >= 15 is 0 Å². The Morgan fingerprint density at radius 1 is 1.15 bits per heavy atom. The average molecular weight is 374 g/mol. The Hall–Kier alpha value is -2.10. The van der Waals surface area contributed by atoms with Crippen LogP contribution in [0.3, 0.4) is 0 Å². The molecule has 26 heavy (non-hydrogen) atoms. The summed E-state index contributed by atoms with van der Waals surface area (Å²) in [4.78, 5) is 23.2. The number of aromatic nitrogens is 2. The molecule has 7 nitrogen and oxygen atoms in total. The fourth-order valence-corrected chi connectivity index (χ4v) is 3.36. The van der Waals surface area contributed by atoms with Crippen molar-refractivity contribution in [1.29, 1.82) is 0 Å². The van der Waals surface area contributed by atoms with Crippen LogP contribution in [0, 0.1) is 0 Å². The molecule has 3 rings (SSSR count). The standard InChI is InChI=1S/C16H21F3N4O3/c1-25-12-8-20-15(21-9-12)26-11-2-5-22(6-3-11)13-4-7-23(14(13)24)10-16(17,18)19/h8-9,11,13H,2-7,10H2,1H3. The molecule has 1 unspecified atom stereocenters. The van der Waals surface area contributed by atoms with Crippen molar-refractivity contribution in [2.24, 2.45) is 0 Å². The summed E-state index contributed by atoms with van der Waals surface area (Å²) >= 11 is 0. The molecular formula is C16H21F3N4O3. The Balaban J connectivity index is 1.48. The van der Waals surface area contributed by atoms with Gasteiger partial charge in [0.25, 0.3) is 0 Å². The van der Waals surface area contributed by atoms with E-state index in [4.69, 9.17) is 9.47 Å². The highest BCUT2D eigenvalue weighted by Crippen LogP contribution is 2.26. The van der Waals surface area contributed by atoms with Gasteiger partial charge in [0.1, 0.15) is 12.6 Å². The van der Waals surface area contributed by atoms with Gasteiger partial charge < -0.3 is 14.4 Å². The lowest BCUT2D eigenvalue weighted by molar-refractivity contribution is -0.159. The molecule has 0 spiro atoms. The minimum Gasteiger partial charge on any atom is -0.494 e. The number of rotatable bonds is 5. The van der Waals surface area contributed by atoms with E-state index in [-0.39, 0.29) is 18.7 Å². The molecule has 0 aliphatic carbocycles. The molecule has 1 atom stereocenters. The summed E-state index contributed by atoms with van der Waals surface area (Å²) in [6.07, 6.45) is 0.360. The van der Waals surface area contributed by atoms with Crippen LogP contribution in [0.25, 0.3) is 0 Å². The molecule has 0 aromatic carbocycles. The molecule has 1 aromatic rings. The Bertz CT molecular complexity index is 618. The maximum absolute atomic E-state index is 12.5. The Morgan fingerprint density at radius 3 is 2.38 bits per heavy atom. The first-order chi connectivity index (χ1) is 12.4. The van der Waals surface area contributed by atoms with Crippen molar-refractivity contribution < 1.29 is 27.4 Å². The third kappa shape index (κ3) is 4.54. The predicted octanol–water partition coefficient (Wildman–Crippen LogP) is 1.49. The van der Waals surface area contributed by atoms with E-state index in [0.717, 1.165) is 4.90 Å². The van der Waals surface area contributed by atoms with Crippen molar-refractivity contribution in [2.75, 3.05) is 33.3 Å². The normalized spacial score (nSPS) is 22.7. The average Bonchev–Trinajstić information content (AvgIpc) is 2.95. The van der Waals surface area contributed by atoms with Gasteiger partial charge >= 0.3 is 12.2 Å². The van der Waals surface area contributed by atoms with Crippen LogP contribution in [-0.2, 0) is 4.79 Å². The van der Waals surface area contributed by atoms with E-state index in [1.165, 1.54) is 19.5 Å². The largest absolute Gasteiger partial charge is 0.494 e. The van der Waals surface area contributed by atoms with Gasteiger partial charge in [-0.1, -0.05) is 0 Å². The molecule has 1 amide bonds. The minimum atomic E-state index is -4.36. The summed E-state index contributed by atoms with van der Waals surface area (Å²) in [7, 11) is 1.52. The SMILES string of the molecule is COc1cnc(OC2CCN(C3CCN(CC(F)(F)F)C3=O)CC2)nc1. The summed E-state index contributed by atoms with van der Waals surface area (Å²) in [6, 6.07) is -0.201. The second-order valence-corrected chi connectivity index (χ2v) is 6.44. The maximum Gasteiger partial charge on any atom is 0.406 e. The van der Waals surface area contributed by atoms with Gasteiger partial charge in [0, 0.05) is 19.6 Å². The number of hydrogen-bond acceptors (Lipinski definition) is 6. The van der Waals surface area contributed by atoms with E-state index < -0.39 is 24.7 Å². The number of hydrogen-bond donors (Lipinski definition) is 0. The predicted molar refractivity (Wildman–Crippen MR) is 84.8 cm³/mol. The van der Waals surface area contributed by atoms with Crippen LogP contribution in [0.15, 0.2) is 12.4 Å². The highest BCUT2D eigenvalue weighted by atomic mass is 19.4. The Kier molecular flexibility index (Phi) is 5.49. The van der Waals surface area contributed by atoms with Crippen LogP contribution in [0.1, 0.15) is 19.3 Å². The van der Waals surface area contributed by atoms with E-state index in [1.807, 2.05) is 4.90 Å². The zero-order valence-corrected chi connectivity index (χ0v) is 14.4. The first-order valence-electron chi connectivity index (χ1n) is 8.48. The third-order valence-electron chi connectivity index (χ3n) is 4.67. The van der Waals surface area contributed by atoms with Gasteiger partial charge in [0.15, 0.2) is 5.75 Å². The number of alkyl halides is 3. The van der Waals surface area contributed by atoms with Crippen molar-refractivity contribution in [3.05, 3.63) is 12.4 Å². The molecule has 144 valence electrons. The van der Waals surface area contributed by atoms with Crippen molar-refractivity contribution in [3.8, 4) is 11.8 Å². The summed E-state index contributed by atoms with van der Waals surface area (Å²) in [6.45, 7) is 0.171. The lowest BCUT2D eigenvalue weighted by Crippen LogP contribution is -2.48. The molecule has 0 bridgehead atoms. The number of piperidine rings is 1. The summed E-state index contributed by atoms with van der Waals surface area (Å²) in [5, 5.41) is 0. The van der Waals surface area contributed by atoms with Crippen LogP contribution in [0.4, 0.5) is 13.2 Å². The second-order valence-electron chi connectivity index (χ2n) is 6.44. The smallest absolute Gasteiger partial charge is 0.406 e. The summed E-state index contributed by atoms with van der Waals surface area (Å²) in [5.74, 6) is 0.107. The van der Waals surface area contributed by atoms with Crippen molar-refractivity contribution in [2.45, 2.75) is 37.6 Å².